The first kappa shape index (κ1) is 22.9. The van der Waals surface area contributed by atoms with Gasteiger partial charge in [0.2, 0.25) is 5.91 Å². The highest BCUT2D eigenvalue weighted by molar-refractivity contribution is 5.95. The van der Waals surface area contributed by atoms with Crippen molar-refractivity contribution in [3.8, 4) is 11.5 Å². The van der Waals surface area contributed by atoms with Crippen LogP contribution in [0.15, 0.2) is 109 Å². The summed E-state index contributed by atoms with van der Waals surface area (Å²) in [4.78, 5) is 12.6. The second-order valence-electron chi connectivity index (χ2n) is 7.78. The molecule has 2 N–H and O–H groups in total. The predicted octanol–water partition coefficient (Wildman–Crippen LogP) is 5.94. The number of hydrogen-bond acceptors (Lipinski definition) is 4. The quantitative estimate of drug-likeness (QED) is 0.296. The third kappa shape index (κ3) is 7.14. The molecule has 0 unspecified atom stereocenters. The number of para-hydroxylation sites is 2. The monoisotopic (exact) mass is 452 g/mol. The SMILES string of the molecule is O=C(CNc1cccc(OCCc2ccccc2)c1)Nc1ccccc1OCc1ccccc1. The molecule has 0 aliphatic carbocycles. The van der Waals surface area contributed by atoms with Crippen LogP contribution in [0.25, 0.3) is 0 Å². The normalized spacial score (nSPS) is 10.4. The fourth-order valence-corrected chi connectivity index (χ4v) is 3.44. The Kier molecular flexibility index (Phi) is 8.17. The highest BCUT2D eigenvalue weighted by atomic mass is 16.5. The average molecular weight is 453 g/mol. The smallest absolute Gasteiger partial charge is 0.243 e. The van der Waals surface area contributed by atoms with Gasteiger partial charge in [0.1, 0.15) is 18.1 Å². The maximum absolute atomic E-state index is 12.6. The summed E-state index contributed by atoms with van der Waals surface area (Å²) in [7, 11) is 0. The van der Waals surface area contributed by atoms with Crippen LogP contribution >= 0.6 is 0 Å². The standard InChI is InChI=1S/C29H28N2O3/c32-29(31-27-16-7-8-17-28(27)34-22-24-12-5-2-6-13-24)21-30-25-14-9-15-26(20-25)33-19-18-23-10-3-1-4-11-23/h1-17,20,30H,18-19,21-22H2,(H,31,32). The Hall–Kier alpha value is -4.25. The van der Waals surface area contributed by atoms with Gasteiger partial charge in [-0.25, -0.2) is 0 Å². The molecule has 5 heteroatoms. The molecule has 4 aromatic carbocycles. The molecule has 1 amide bonds. The number of carbonyl (C=O) groups excluding carboxylic acids is 1. The maximum atomic E-state index is 12.6. The Morgan fingerprint density at radius 2 is 1.41 bits per heavy atom. The summed E-state index contributed by atoms with van der Waals surface area (Å²) in [5, 5.41) is 6.08. The molecule has 0 spiro atoms. The van der Waals surface area contributed by atoms with Crippen LogP contribution in [-0.2, 0) is 17.8 Å². The highest BCUT2D eigenvalue weighted by Crippen LogP contribution is 2.25. The second kappa shape index (κ2) is 12.1. The van der Waals surface area contributed by atoms with Crippen LogP contribution in [0.4, 0.5) is 11.4 Å². The lowest BCUT2D eigenvalue weighted by Gasteiger charge is -2.13. The molecule has 0 heterocycles. The van der Waals surface area contributed by atoms with E-state index in [1.807, 2.05) is 97.1 Å². The van der Waals surface area contributed by atoms with Crippen LogP contribution in [0.3, 0.4) is 0 Å². The van der Waals surface area contributed by atoms with Crippen molar-refractivity contribution in [3.63, 3.8) is 0 Å². The number of nitrogens with one attached hydrogen (secondary N) is 2. The Bertz CT molecular complexity index is 1180. The molecule has 0 bridgehead atoms. The van der Waals surface area contributed by atoms with Gasteiger partial charge in [0.05, 0.1) is 18.8 Å². The van der Waals surface area contributed by atoms with Crippen LogP contribution in [0, 0.1) is 0 Å². The Labute approximate surface area is 200 Å². The minimum absolute atomic E-state index is 0.125. The fraction of sp³-hybridized carbons (Fsp3) is 0.138. The van der Waals surface area contributed by atoms with E-state index in [2.05, 4.69) is 22.8 Å². The van der Waals surface area contributed by atoms with Gasteiger partial charge in [-0.3, -0.25) is 4.79 Å². The lowest BCUT2D eigenvalue weighted by molar-refractivity contribution is -0.114. The molecule has 0 saturated heterocycles. The summed E-state index contributed by atoms with van der Waals surface area (Å²) in [6.45, 7) is 1.15. The molecular weight excluding hydrogens is 424 g/mol. The first-order valence-corrected chi connectivity index (χ1v) is 11.3. The minimum Gasteiger partial charge on any atom is -0.493 e. The van der Waals surface area contributed by atoms with Gasteiger partial charge in [-0.1, -0.05) is 78.9 Å². The summed E-state index contributed by atoms with van der Waals surface area (Å²) in [5.74, 6) is 1.24. The number of ether oxygens (including phenoxy) is 2. The van der Waals surface area contributed by atoms with E-state index < -0.39 is 0 Å². The molecule has 34 heavy (non-hydrogen) atoms. The van der Waals surface area contributed by atoms with E-state index in [1.165, 1.54) is 5.56 Å². The molecule has 0 fully saturated rings. The van der Waals surface area contributed by atoms with Crippen molar-refractivity contribution in [1.82, 2.24) is 0 Å². The Balaban J connectivity index is 1.26. The zero-order valence-corrected chi connectivity index (χ0v) is 18.9. The lowest BCUT2D eigenvalue weighted by Crippen LogP contribution is -2.22. The van der Waals surface area contributed by atoms with Crippen LogP contribution in [-0.4, -0.2) is 19.1 Å². The topological polar surface area (TPSA) is 59.6 Å². The van der Waals surface area contributed by atoms with Gasteiger partial charge in [0.15, 0.2) is 0 Å². The molecule has 4 rings (SSSR count). The number of rotatable bonds is 11. The van der Waals surface area contributed by atoms with Crippen molar-refractivity contribution in [2.45, 2.75) is 13.0 Å². The van der Waals surface area contributed by atoms with E-state index in [9.17, 15) is 4.79 Å². The van der Waals surface area contributed by atoms with E-state index in [-0.39, 0.29) is 12.5 Å². The van der Waals surface area contributed by atoms with Gasteiger partial charge in [0, 0.05) is 18.2 Å². The number of hydrogen-bond donors (Lipinski definition) is 2. The van der Waals surface area contributed by atoms with Crippen molar-refractivity contribution in [2.24, 2.45) is 0 Å². The lowest BCUT2D eigenvalue weighted by atomic mass is 10.2. The number of anilines is 2. The summed E-state index contributed by atoms with van der Waals surface area (Å²) in [5.41, 5.74) is 3.77. The molecule has 0 saturated carbocycles. The molecule has 0 aromatic heterocycles. The number of benzene rings is 4. The van der Waals surface area contributed by atoms with Crippen LogP contribution < -0.4 is 20.1 Å². The van der Waals surface area contributed by atoms with Gasteiger partial charge in [0.25, 0.3) is 0 Å². The van der Waals surface area contributed by atoms with Gasteiger partial charge >= 0.3 is 0 Å². The van der Waals surface area contributed by atoms with Crippen molar-refractivity contribution >= 4 is 17.3 Å². The van der Waals surface area contributed by atoms with Crippen molar-refractivity contribution < 1.29 is 14.3 Å². The first-order chi connectivity index (χ1) is 16.8. The zero-order valence-electron chi connectivity index (χ0n) is 18.9. The summed E-state index contributed by atoms with van der Waals surface area (Å²) >= 11 is 0. The molecule has 0 aliphatic rings. The zero-order chi connectivity index (χ0) is 23.4. The van der Waals surface area contributed by atoms with Gasteiger partial charge < -0.3 is 20.1 Å². The molecule has 0 atom stereocenters. The van der Waals surface area contributed by atoms with E-state index in [4.69, 9.17) is 9.47 Å². The highest BCUT2D eigenvalue weighted by Gasteiger charge is 2.08. The van der Waals surface area contributed by atoms with Crippen molar-refractivity contribution in [3.05, 3.63) is 120 Å². The second-order valence-corrected chi connectivity index (χ2v) is 7.78. The average Bonchev–Trinajstić information content (AvgIpc) is 2.88. The Morgan fingerprint density at radius 1 is 0.706 bits per heavy atom. The molecule has 5 nitrogen and oxygen atoms in total. The summed E-state index contributed by atoms with van der Waals surface area (Å²) < 4.78 is 11.8. The van der Waals surface area contributed by atoms with Crippen molar-refractivity contribution in [1.29, 1.82) is 0 Å². The van der Waals surface area contributed by atoms with Crippen molar-refractivity contribution in [2.75, 3.05) is 23.8 Å². The van der Waals surface area contributed by atoms with E-state index in [0.29, 0.717) is 24.7 Å². The van der Waals surface area contributed by atoms with Crippen LogP contribution in [0.2, 0.25) is 0 Å². The molecular formula is C29H28N2O3. The van der Waals surface area contributed by atoms with Crippen LogP contribution in [0.5, 0.6) is 11.5 Å². The van der Waals surface area contributed by atoms with E-state index >= 15 is 0 Å². The van der Waals surface area contributed by atoms with Gasteiger partial charge in [-0.05, 0) is 35.4 Å². The largest absolute Gasteiger partial charge is 0.493 e. The molecule has 4 aromatic rings. The van der Waals surface area contributed by atoms with Gasteiger partial charge in [-0.2, -0.15) is 0 Å². The molecule has 0 aliphatic heterocycles. The minimum atomic E-state index is -0.161. The molecule has 172 valence electrons. The Morgan fingerprint density at radius 3 is 2.21 bits per heavy atom. The predicted molar refractivity (Wildman–Crippen MR) is 136 cm³/mol. The number of carbonyl (C=O) groups is 1. The maximum Gasteiger partial charge on any atom is 0.243 e. The number of amides is 1. The third-order valence-corrected chi connectivity index (χ3v) is 5.19. The van der Waals surface area contributed by atoms with E-state index in [0.717, 1.165) is 23.4 Å². The van der Waals surface area contributed by atoms with Crippen LogP contribution in [0.1, 0.15) is 11.1 Å². The fourth-order valence-electron chi connectivity index (χ4n) is 3.44. The van der Waals surface area contributed by atoms with Gasteiger partial charge in [-0.15, -0.1) is 0 Å². The summed E-state index contributed by atoms with van der Waals surface area (Å²) in [6.07, 6.45) is 0.840. The third-order valence-electron chi connectivity index (χ3n) is 5.19. The first-order valence-electron chi connectivity index (χ1n) is 11.3. The molecule has 0 radical (unpaired) electrons. The summed E-state index contributed by atoms with van der Waals surface area (Å²) in [6, 6.07) is 35.2. The van der Waals surface area contributed by atoms with E-state index in [1.54, 1.807) is 0 Å².